The Morgan fingerprint density at radius 2 is 2.10 bits per heavy atom. The summed E-state index contributed by atoms with van der Waals surface area (Å²) in [6.07, 6.45) is -0.659. The van der Waals surface area contributed by atoms with E-state index in [-0.39, 0.29) is 10.8 Å². The van der Waals surface area contributed by atoms with Crippen molar-refractivity contribution in [1.29, 1.82) is 0 Å². The minimum absolute atomic E-state index is 0.222. The van der Waals surface area contributed by atoms with Gasteiger partial charge in [-0.1, -0.05) is 29.8 Å². The topological polar surface area (TPSA) is 29.5 Å². The number of halogens is 2. The van der Waals surface area contributed by atoms with Gasteiger partial charge in [0.25, 0.3) is 0 Å². The summed E-state index contributed by atoms with van der Waals surface area (Å²) in [5.41, 5.74) is 2.02. The predicted octanol–water partition coefficient (Wildman–Crippen LogP) is 3.82. The van der Waals surface area contributed by atoms with Crippen LogP contribution in [0.4, 0.5) is 4.39 Å². The van der Waals surface area contributed by atoms with Gasteiger partial charge in [-0.2, -0.15) is 0 Å². The molecule has 104 valence electrons. The standard InChI is InChI=1S/C16H14ClFO2/c1-9-6-11(12(17)8-13(9)18)16(19)15-7-10-4-2-3-5-14(10)20-15/h2-6,8,15-16,19H,7H2,1H3. The van der Waals surface area contributed by atoms with Gasteiger partial charge in [-0.15, -0.1) is 0 Å². The van der Waals surface area contributed by atoms with Gasteiger partial charge >= 0.3 is 0 Å². The van der Waals surface area contributed by atoms with Crippen LogP contribution in [0.25, 0.3) is 0 Å². The first kappa shape index (κ1) is 13.4. The number of fused-ring (bicyclic) bond motifs is 1. The number of para-hydroxylation sites is 1. The lowest BCUT2D eigenvalue weighted by Gasteiger charge is -2.20. The average molecular weight is 293 g/mol. The van der Waals surface area contributed by atoms with E-state index in [0.717, 1.165) is 11.3 Å². The Kier molecular flexibility index (Phi) is 3.40. The molecule has 2 aromatic carbocycles. The Morgan fingerprint density at radius 1 is 1.35 bits per heavy atom. The lowest BCUT2D eigenvalue weighted by Crippen LogP contribution is -2.23. The third-order valence-electron chi connectivity index (χ3n) is 3.62. The molecule has 0 saturated carbocycles. The van der Waals surface area contributed by atoms with Crippen molar-refractivity contribution in [3.8, 4) is 5.75 Å². The van der Waals surface area contributed by atoms with Gasteiger partial charge in [0.2, 0.25) is 0 Å². The molecule has 0 aliphatic carbocycles. The summed E-state index contributed by atoms with van der Waals surface area (Å²) < 4.78 is 19.2. The number of benzene rings is 2. The third kappa shape index (κ3) is 2.28. The number of aryl methyl sites for hydroxylation is 1. The van der Waals surface area contributed by atoms with Crippen molar-refractivity contribution >= 4 is 11.6 Å². The van der Waals surface area contributed by atoms with Crippen molar-refractivity contribution in [2.24, 2.45) is 0 Å². The van der Waals surface area contributed by atoms with E-state index in [1.165, 1.54) is 6.07 Å². The molecule has 2 nitrogen and oxygen atoms in total. The van der Waals surface area contributed by atoms with Crippen LogP contribution >= 0.6 is 11.6 Å². The maximum Gasteiger partial charge on any atom is 0.133 e. The molecule has 2 unspecified atom stereocenters. The molecule has 1 aliphatic heterocycles. The van der Waals surface area contributed by atoms with Gasteiger partial charge in [-0.25, -0.2) is 4.39 Å². The molecule has 1 N–H and O–H groups in total. The summed E-state index contributed by atoms with van der Waals surface area (Å²) in [5.74, 6) is 0.410. The maximum absolute atomic E-state index is 13.4. The second-order valence-electron chi connectivity index (χ2n) is 5.04. The number of rotatable bonds is 2. The zero-order chi connectivity index (χ0) is 14.3. The van der Waals surface area contributed by atoms with Crippen molar-refractivity contribution in [3.05, 3.63) is 63.9 Å². The highest BCUT2D eigenvalue weighted by atomic mass is 35.5. The summed E-state index contributed by atoms with van der Waals surface area (Å²) in [5, 5.41) is 10.7. The Bertz CT molecular complexity index is 632. The highest BCUT2D eigenvalue weighted by molar-refractivity contribution is 6.31. The van der Waals surface area contributed by atoms with E-state index in [4.69, 9.17) is 16.3 Å². The monoisotopic (exact) mass is 292 g/mol. The number of hydrogen-bond donors (Lipinski definition) is 1. The van der Waals surface area contributed by atoms with E-state index >= 15 is 0 Å². The number of hydrogen-bond acceptors (Lipinski definition) is 2. The molecule has 0 bridgehead atoms. The fourth-order valence-corrected chi connectivity index (χ4v) is 2.75. The molecular formula is C16H14ClFO2. The summed E-state index contributed by atoms with van der Waals surface area (Å²) in [6, 6.07) is 10.5. The van der Waals surface area contributed by atoms with Crippen LogP contribution in [0.2, 0.25) is 5.02 Å². The lowest BCUT2D eigenvalue weighted by molar-refractivity contribution is 0.0492. The molecule has 2 aromatic rings. The minimum atomic E-state index is -0.880. The third-order valence-corrected chi connectivity index (χ3v) is 3.95. The predicted molar refractivity (Wildman–Crippen MR) is 75.7 cm³/mol. The molecule has 3 rings (SSSR count). The largest absolute Gasteiger partial charge is 0.487 e. The first-order valence-corrected chi connectivity index (χ1v) is 6.82. The van der Waals surface area contributed by atoms with Crippen molar-refractivity contribution < 1.29 is 14.2 Å². The van der Waals surface area contributed by atoms with Crippen molar-refractivity contribution in [2.45, 2.75) is 25.6 Å². The summed E-state index contributed by atoms with van der Waals surface area (Å²) >= 11 is 6.03. The van der Waals surface area contributed by atoms with E-state index in [0.29, 0.717) is 17.5 Å². The van der Waals surface area contributed by atoms with Crippen molar-refractivity contribution in [1.82, 2.24) is 0 Å². The van der Waals surface area contributed by atoms with Gasteiger partial charge in [0, 0.05) is 17.0 Å². The van der Waals surface area contributed by atoms with Crippen LogP contribution in [0.15, 0.2) is 36.4 Å². The Hall–Kier alpha value is -1.58. The Labute approximate surface area is 121 Å². The molecule has 4 heteroatoms. The van der Waals surface area contributed by atoms with Gasteiger partial charge in [0.05, 0.1) is 0 Å². The van der Waals surface area contributed by atoms with E-state index in [1.54, 1.807) is 13.0 Å². The Morgan fingerprint density at radius 3 is 2.85 bits per heavy atom. The summed E-state index contributed by atoms with van der Waals surface area (Å²) in [4.78, 5) is 0. The summed E-state index contributed by atoms with van der Waals surface area (Å²) in [7, 11) is 0. The second-order valence-corrected chi connectivity index (χ2v) is 5.44. The first-order valence-electron chi connectivity index (χ1n) is 6.44. The van der Waals surface area contributed by atoms with Crippen LogP contribution in [-0.2, 0) is 6.42 Å². The van der Waals surface area contributed by atoms with Crippen molar-refractivity contribution in [3.63, 3.8) is 0 Å². The van der Waals surface area contributed by atoms with Crippen LogP contribution in [0.5, 0.6) is 5.75 Å². The van der Waals surface area contributed by atoms with Crippen LogP contribution in [-0.4, -0.2) is 11.2 Å². The zero-order valence-corrected chi connectivity index (χ0v) is 11.7. The highest BCUT2D eigenvalue weighted by Crippen LogP contribution is 2.36. The van der Waals surface area contributed by atoms with Gasteiger partial charge in [0.1, 0.15) is 23.8 Å². The van der Waals surface area contributed by atoms with Crippen LogP contribution in [0, 0.1) is 12.7 Å². The van der Waals surface area contributed by atoms with Crippen molar-refractivity contribution in [2.75, 3.05) is 0 Å². The molecule has 1 heterocycles. The molecular weight excluding hydrogens is 279 g/mol. The van der Waals surface area contributed by atoms with E-state index < -0.39 is 12.2 Å². The van der Waals surface area contributed by atoms with E-state index in [1.807, 2.05) is 24.3 Å². The van der Waals surface area contributed by atoms with Gasteiger partial charge in [-0.05, 0) is 36.2 Å². The molecule has 0 saturated heterocycles. The average Bonchev–Trinajstić information content (AvgIpc) is 2.86. The second kappa shape index (κ2) is 5.08. The molecule has 0 fully saturated rings. The molecule has 0 radical (unpaired) electrons. The van der Waals surface area contributed by atoms with Crippen LogP contribution in [0.1, 0.15) is 22.8 Å². The van der Waals surface area contributed by atoms with Crippen LogP contribution < -0.4 is 4.74 Å². The molecule has 1 aliphatic rings. The van der Waals surface area contributed by atoms with Crippen LogP contribution in [0.3, 0.4) is 0 Å². The van der Waals surface area contributed by atoms with Gasteiger partial charge in [0.15, 0.2) is 0 Å². The Balaban J connectivity index is 1.88. The first-order chi connectivity index (χ1) is 9.56. The quantitative estimate of drug-likeness (QED) is 0.912. The summed E-state index contributed by atoms with van der Waals surface area (Å²) in [6.45, 7) is 1.64. The number of aliphatic hydroxyl groups is 1. The fourth-order valence-electron chi connectivity index (χ4n) is 2.49. The maximum atomic E-state index is 13.4. The zero-order valence-electron chi connectivity index (χ0n) is 10.9. The fraction of sp³-hybridized carbons (Fsp3) is 0.250. The molecule has 0 spiro atoms. The minimum Gasteiger partial charge on any atom is -0.487 e. The molecule has 0 aromatic heterocycles. The molecule has 2 atom stereocenters. The molecule has 0 amide bonds. The molecule has 20 heavy (non-hydrogen) atoms. The van der Waals surface area contributed by atoms with E-state index in [9.17, 15) is 9.50 Å². The van der Waals surface area contributed by atoms with Gasteiger partial charge in [-0.3, -0.25) is 0 Å². The lowest BCUT2D eigenvalue weighted by atomic mass is 9.98. The van der Waals surface area contributed by atoms with Gasteiger partial charge < -0.3 is 9.84 Å². The SMILES string of the molecule is Cc1cc(C(O)C2Cc3ccccc3O2)c(Cl)cc1F. The number of aliphatic hydroxyl groups excluding tert-OH is 1. The smallest absolute Gasteiger partial charge is 0.133 e. The number of ether oxygens (including phenoxy) is 1. The highest BCUT2D eigenvalue weighted by Gasteiger charge is 2.31. The van der Waals surface area contributed by atoms with E-state index in [2.05, 4.69) is 0 Å². The normalized spacial score (nSPS) is 18.5.